The second-order valence-electron chi connectivity index (χ2n) is 11.7. The van der Waals surface area contributed by atoms with E-state index in [1.54, 1.807) is 0 Å². The van der Waals surface area contributed by atoms with Crippen LogP contribution in [0.1, 0.15) is 105 Å². The van der Waals surface area contributed by atoms with Crippen LogP contribution in [0, 0.1) is 52.3 Å². The van der Waals surface area contributed by atoms with Gasteiger partial charge >= 0.3 is 0 Å². The van der Waals surface area contributed by atoms with Crippen LogP contribution in [0.3, 0.4) is 0 Å². The lowest BCUT2D eigenvalue weighted by Crippen LogP contribution is -2.61. The number of aliphatic hydroxyl groups excluding tert-OH is 1. The molecular weight excluding hydrogens is 328 g/mol. The average molecular weight is 375 g/mol. The SMILES string of the molecule is CCC[C@@H](C)C1CCC2C3C(CCC21C)C1(C)CCCCC1[C@@H](CC)[C@H]3O. The minimum absolute atomic E-state index is 0.0268. The van der Waals surface area contributed by atoms with Crippen molar-refractivity contribution in [2.75, 3.05) is 0 Å². The van der Waals surface area contributed by atoms with Crippen molar-refractivity contribution >= 4 is 0 Å². The molecule has 1 heteroatoms. The molecule has 0 amide bonds. The highest BCUT2D eigenvalue weighted by Crippen LogP contribution is 2.69. The number of aliphatic hydroxyl groups is 1. The molecule has 0 aromatic heterocycles. The molecule has 27 heavy (non-hydrogen) atoms. The molecule has 0 bridgehead atoms. The molecule has 4 aliphatic rings. The topological polar surface area (TPSA) is 20.2 Å². The van der Waals surface area contributed by atoms with Crippen molar-refractivity contribution in [2.45, 2.75) is 111 Å². The zero-order chi connectivity index (χ0) is 19.4. The molecule has 0 radical (unpaired) electrons. The van der Waals surface area contributed by atoms with Crippen molar-refractivity contribution in [3.05, 3.63) is 0 Å². The number of rotatable bonds is 4. The summed E-state index contributed by atoms with van der Waals surface area (Å²) in [6, 6.07) is 0. The summed E-state index contributed by atoms with van der Waals surface area (Å²) in [4.78, 5) is 0. The lowest BCUT2D eigenvalue weighted by atomic mass is 9.41. The third kappa shape index (κ3) is 2.88. The standard InChI is InChI=1S/C26H46O/c1-6-10-17(3)19-12-13-21-23-22(14-16-26(19,21)5)25(4)15-9-8-11-20(25)18(7-2)24(23)27/h17-24,27H,6-16H2,1-5H3/t17-,18-,19?,20?,21?,22?,23?,24-,25?,26?/m1/s1. The van der Waals surface area contributed by atoms with E-state index >= 15 is 0 Å². The third-order valence-electron chi connectivity index (χ3n) is 10.8. The molecule has 0 heterocycles. The summed E-state index contributed by atoms with van der Waals surface area (Å²) < 4.78 is 0. The average Bonchev–Trinajstić information content (AvgIpc) is 3.00. The van der Waals surface area contributed by atoms with Crippen LogP contribution < -0.4 is 0 Å². The van der Waals surface area contributed by atoms with E-state index in [4.69, 9.17) is 0 Å². The zero-order valence-electron chi connectivity index (χ0n) is 18.8. The van der Waals surface area contributed by atoms with Crippen molar-refractivity contribution < 1.29 is 5.11 Å². The summed E-state index contributed by atoms with van der Waals surface area (Å²) in [6.45, 7) is 12.5. The summed E-state index contributed by atoms with van der Waals surface area (Å²) >= 11 is 0. The Morgan fingerprint density at radius 2 is 1.63 bits per heavy atom. The van der Waals surface area contributed by atoms with Gasteiger partial charge in [0.15, 0.2) is 0 Å². The van der Waals surface area contributed by atoms with Crippen LogP contribution in [-0.4, -0.2) is 11.2 Å². The summed E-state index contributed by atoms with van der Waals surface area (Å²) in [6.07, 6.45) is 15.2. The Morgan fingerprint density at radius 3 is 2.33 bits per heavy atom. The predicted molar refractivity (Wildman–Crippen MR) is 114 cm³/mol. The fraction of sp³-hybridized carbons (Fsp3) is 1.00. The first kappa shape index (κ1) is 20.2. The van der Waals surface area contributed by atoms with Crippen molar-refractivity contribution in [1.29, 1.82) is 0 Å². The summed E-state index contributed by atoms with van der Waals surface area (Å²) in [5.41, 5.74) is 1.00. The van der Waals surface area contributed by atoms with Gasteiger partial charge in [0, 0.05) is 0 Å². The molecular formula is C26H46O. The van der Waals surface area contributed by atoms with Crippen molar-refractivity contribution in [3.63, 3.8) is 0 Å². The molecule has 10 atom stereocenters. The van der Waals surface area contributed by atoms with Crippen LogP contribution >= 0.6 is 0 Å². The fourth-order valence-electron chi connectivity index (χ4n) is 9.67. The van der Waals surface area contributed by atoms with E-state index in [9.17, 15) is 5.11 Å². The van der Waals surface area contributed by atoms with Crippen LogP contribution in [0.25, 0.3) is 0 Å². The molecule has 4 fully saturated rings. The van der Waals surface area contributed by atoms with Gasteiger partial charge in [-0.25, -0.2) is 0 Å². The Bertz CT molecular complexity index is 528. The maximum Gasteiger partial charge on any atom is 0.0605 e. The number of hydrogen-bond acceptors (Lipinski definition) is 1. The molecule has 0 spiro atoms. The Hall–Kier alpha value is -0.0400. The molecule has 0 aliphatic heterocycles. The van der Waals surface area contributed by atoms with Gasteiger partial charge in [-0.3, -0.25) is 0 Å². The third-order valence-corrected chi connectivity index (χ3v) is 10.8. The van der Waals surface area contributed by atoms with Gasteiger partial charge in [0.05, 0.1) is 6.10 Å². The molecule has 4 aliphatic carbocycles. The summed E-state index contributed by atoms with van der Waals surface area (Å²) in [7, 11) is 0. The van der Waals surface area contributed by atoms with E-state index in [0.717, 1.165) is 29.6 Å². The van der Waals surface area contributed by atoms with Gasteiger partial charge in [-0.15, -0.1) is 0 Å². The normalized spacial score (nSPS) is 53.3. The highest BCUT2D eigenvalue weighted by Gasteiger charge is 2.64. The predicted octanol–water partition coefficient (Wildman–Crippen LogP) is 7.08. The highest BCUT2D eigenvalue weighted by atomic mass is 16.3. The molecule has 1 nitrogen and oxygen atoms in total. The fourth-order valence-corrected chi connectivity index (χ4v) is 9.67. The second kappa shape index (κ2) is 7.33. The first-order valence-electron chi connectivity index (χ1n) is 12.6. The van der Waals surface area contributed by atoms with E-state index in [-0.39, 0.29) is 6.10 Å². The molecule has 156 valence electrons. The smallest absolute Gasteiger partial charge is 0.0605 e. The largest absolute Gasteiger partial charge is 0.393 e. The van der Waals surface area contributed by atoms with Gasteiger partial charge in [0.1, 0.15) is 0 Å². The van der Waals surface area contributed by atoms with Crippen LogP contribution in [0.4, 0.5) is 0 Å². The monoisotopic (exact) mass is 374 g/mol. The van der Waals surface area contributed by atoms with E-state index in [1.807, 2.05) is 0 Å². The van der Waals surface area contributed by atoms with E-state index in [1.165, 1.54) is 70.6 Å². The van der Waals surface area contributed by atoms with Crippen molar-refractivity contribution in [3.8, 4) is 0 Å². The van der Waals surface area contributed by atoms with Gasteiger partial charge in [-0.2, -0.15) is 0 Å². The first-order valence-corrected chi connectivity index (χ1v) is 12.6. The Morgan fingerprint density at radius 1 is 0.889 bits per heavy atom. The highest BCUT2D eigenvalue weighted by molar-refractivity contribution is 5.13. The molecule has 4 saturated carbocycles. The minimum atomic E-state index is -0.0268. The molecule has 0 aromatic carbocycles. The molecule has 4 rings (SSSR count). The minimum Gasteiger partial charge on any atom is -0.393 e. The van der Waals surface area contributed by atoms with Crippen LogP contribution in [-0.2, 0) is 0 Å². The molecule has 1 N–H and O–H groups in total. The van der Waals surface area contributed by atoms with Gasteiger partial charge < -0.3 is 5.11 Å². The van der Waals surface area contributed by atoms with Crippen LogP contribution in [0.5, 0.6) is 0 Å². The van der Waals surface area contributed by atoms with Crippen LogP contribution in [0.15, 0.2) is 0 Å². The van der Waals surface area contributed by atoms with Gasteiger partial charge in [-0.1, -0.05) is 66.7 Å². The Kier molecular flexibility index (Phi) is 5.50. The Labute approximate surface area is 169 Å². The summed E-state index contributed by atoms with van der Waals surface area (Å²) in [5, 5.41) is 11.7. The Balaban J connectivity index is 1.67. The van der Waals surface area contributed by atoms with Crippen LogP contribution in [0.2, 0.25) is 0 Å². The van der Waals surface area contributed by atoms with E-state index < -0.39 is 0 Å². The van der Waals surface area contributed by atoms with Gasteiger partial charge in [0.25, 0.3) is 0 Å². The van der Waals surface area contributed by atoms with Crippen molar-refractivity contribution in [1.82, 2.24) is 0 Å². The zero-order valence-corrected chi connectivity index (χ0v) is 18.8. The lowest BCUT2D eigenvalue weighted by Gasteiger charge is -2.64. The molecule has 7 unspecified atom stereocenters. The van der Waals surface area contributed by atoms with E-state index in [0.29, 0.717) is 22.7 Å². The van der Waals surface area contributed by atoms with E-state index in [2.05, 4.69) is 34.6 Å². The van der Waals surface area contributed by atoms with Gasteiger partial charge in [-0.05, 0) is 90.8 Å². The van der Waals surface area contributed by atoms with Crippen molar-refractivity contribution in [2.24, 2.45) is 52.3 Å². The van der Waals surface area contributed by atoms with Gasteiger partial charge in [0.2, 0.25) is 0 Å². The summed E-state index contributed by atoms with van der Waals surface area (Å²) in [5.74, 6) is 5.27. The maximum atomic E-state index is 11.7. The lowest BCUT2D eigenvalue weighted by molar-refractivity contribution is -0.194. The second-order valence-corrected chi connectivity index (χ2v) is 11.7. The molecule has 0 saturated heterocycles. The number of fused-ring (bicyclic) bond motifs is 5. The number of hydrogen-bond donors (Lipinski definition) is 1. The quantitative estimate of drug-likeness (QED) is 0.557. The first-order chi connectivity index (χ1) is 12.9. The maximum absolute atomic E-state index is 11.7. The molecule has 0 aromatic rings.